The summed E-state index contributed by atoms with van der Waals surface area (Å²) in [6.07, 6.45) is 0. The van der Waals surface area contributed by atoms with Crippen molar-refractivity contribution in [2.45, 2.75) is 0 Å². The molecule has 0 amide bonds. The second-order valence-corrected chi connectivity index (χ2v) is 1.49. The normalized spacial score (nSPS) is 8.70. The van der Waals surface area contributed by atoms with E-state index in [1.807, 2.05) is 0 Å². The minimum atomic E-state index is -1.02. The molecule has 0 N–H and O–H groups in total. The fourth-order valence-corrected chi connectivity index (χ4v) is 0.470. The molecule has 0 aliphatic carbocycles. The van der Waals surface area contributed by atoms with Crippen LogP contribution in [-0.4, -0.2) is 0 Å². The van der Waals surface area contributed by atoms with Crippen LogP contribution >= 0.6 is 0 Å². The molecule has 1 aromatic carbocycles. The fraction of sp³-hybridized carbons (Fsp3) is 0. The van der Waals surface area contributed by atoms with Gasteiger partial charge in [0.2, 0.25) is 0 Å². The van der Waals surface area contributed by atoms with Gasteiger partial charge in [-0.15, -0.1) is 18.2 Å². The Bertz CT molecular complexity index is 174. The Morgan fingerprint density at radius 2 is 1.40 bits per heavy atom. The molecule has 0 saturated heterocycles. The van der Waals surface area contributed by atoms with Gasteiger partial charge in [0.1, 0.15) is 0 Å². The van der Waals surface area contributed by atoms with Gasteiger partial charge in [-0.25, -0.2) is 13.2 Å². The Labute approximate surface area is 68.2 Å². The molecule has 0 aliphatic heterocycles. The molecule has 0 saturated carbocycles. The third-order valence-electron chi connectivity index (χ3n) is 0.768. The minimum Gasteiger partial charge on any atom is -0.236 e. The van der Waals surface area contributed by atoms with Crippen molar-refractivity contribution in [3.05, 3.63) is 35.7 Å². The molecular weight excluding hydrogens is 136 g/mol. The maximum atomic E-state index is 11.9. The maximum absolute atomic E-state index is 11.9. The molecule has 0 radical (unpaired) electrons. The molecule has 10 heavy (non-hydrogen) atoms. The van der Waals surface area contributed by atoms with Crippen LogP contribution in [-0.2, 0) is 0 Å². The molecule has 0 fully saturated rings. The van der Waals surface area contributed by atoms with Crippen LogP contribution in [0.4, 0.5) is 13.2 Å². The summed E-state index contributed by atoms with van der Waals surface area (Å²) in [7, 11) is 0. The van der Waals surface area contributed by atoms with Crippen LogP contribution in [0.2, 0.25) is 0 Å². The summed E-state index contributed by atoms with van der Waals surface area (Å²) in [5.74, 6) is -2.97. The zero-order valence-corrected chi connectivity index (χ0v) is 5.29. The number of hydrogen-bond acceptors (Lipinski definition) is 0. The van der Waals surface area contributed by atoms with Crippen molar-refractivity contribution >= 4 is 0 Å². The summed E-state index contributed by atoms with van der Waals surface area (Å²) in [4.78, 5) is 0. The Kier molecular flexibility index (Phi) is 3.55. The Balaban J connectivity index is 0.000000810. The largest absolute Gasteiger partial charge is 1.00 e. The van der Waals surface area contributed by atoms with Crippen LogP contribution in [0, 0.1) is 23.5 Å². The van der Waals surface area contributed by atoms with Gasteiger partial charge in [-0.1, -0.05) is 0 Å². The first kappa shape index (κ1) is 9.61. The van der Waals surface area contributed by atoms with Gasteiger partial charge in [-0.2, -0.15) is 0 Å². The van der Waals surface area contributed by atoms with Gasteiger partial charge in [0.05, 0.1) is 0 Å². The molecule has 1 rings (SSSR count). The van der Waals surface area contributed by atoms with E-state index in [0.29, 0.717) is 12.1 Å². The van der Waals surface area contributed by atoms with Crippen LogP contribution in [0.25, 0.3) is 0 Å². The van der Waals surface area contributed by atoms with E-state index < -0.39 is 17.5 Å². The molecule has 0 unspecified atom stereocenters. The summed E-state index contributed by atoms with van der Waals surface area (Å²) >= 11 is 0. The molecule has 0 atom stereocenters. The summed E-state index contributed by atoms with van der Waals surface area (Å²) in [6.45, 7) is 0. The van der Waals surface area contributed by atoms with Crippen molar-refractivity contribution in [1.82, 2.24) is 0 Å². The van der Waals surface area contributed by atoms with Gasteiger partial charge < -0.3 is 0 Å². The number of benzene rings is 1. The van der Waals surface area contributed by atoms with Crippen molar-refractivity contribution in [1.29, 1.82) is 0 Å². The first-order chi connectivity index (χ1) is 4.18. The summed E-state index contributed by atoms with van der Waals surface area (Å²) in [5.41, 5.74) is 0. The van der Waals surface area contributed by atoms with E-state index in [9.17, 15) is 13.2 Å². The zero-order chi connectivity index (χ0) is 6.85. The molecule has 0 heterocycles. The molecule has 0 nitrogen and oxygen atoms in total. The SMILES string of the molecule is Fc1[c-]c(F)cc(F)c1.[Li+]. The average molecular weight is 138 g/mol. The van der Waals surface area contributed by atoms with Crippen LogP contribution in [0.15, 0.2) is 12.1 Å². The molecular formula is C6H2F3Li. The number of halogens is 3. The topological polar surface area (TPSA) is 0 Å². The molecule has 4 heteroatoms. The van der Waals surface area contributed by atoms with E-state index in [1.165, 1.54) is 0 Å². The first-order valence-corrected chi connectivity index (χ1v) is 2.22. The Morgan fingerprint density at radius 1 is 1.00 bits per heavy atom. The molecule has 1 aromatic rings. The third kappa shape index (κ3) is 2.47. The molecule has 0 spiro atoms. The second-order valence-electron chi connectivity index (χ2n) is 1.49. The second kappa shape index (κ2) is 3.70. The minimum absolute atomic E-state index is 0. The smallest absolute Gasteiger partial charge is 0.236 e. The van der Waals surface area contributed by atoms with Crippen molar-refractivity contribution in [3.63, 3.8) is 0 Å². The Morgan fingerprint density at radius 3 is 1.70 bits per heavy atom. The predicted octanol–water partition coefficient (Wildman–Crippen LogP) is -1.09. The zero-order valence-electron chi connectivity index (χ0n) is 5.29. The van der Waals surface area contributed by atoms with E-state index in [2.05, 4.69) is 0 Å². The quantitative estimate of drug-likeness (QED) is 0.315. The van der Waals surface area contributed by atoms with Crippen LogP contribution in [0.1, 0.15) is 0 Å². The first-order valence-electron chi connectivity index (χ1n) is 2.22. The van der Waals surface area contributed by atoms with Gasteiger partial charge >= 0.3 is 18.9 Å². The van der Waals surface area contributed by atoms with Crippen LogP contribution in [0.3, 0.4) is 0 Å². The Hall–Kier alpha value is -0.393. The van der Waals surface area contributed by atoms with Crippen molar-refractivity contribution in [2.24, 2.45) is 0 Å². The predicted molar refractivity (Wildman–Crippen MR) is 25.2 cm³/mol. The van der Waals surface area contributed by atoms with E-state index in [1.54, 1.807) is 6.07 Å². The van der Waals surface area contributed by atoms with Crippen LogP contribution in [0.5, 0.6) is 0 Å². The van der Waals surface area contributed by atoms with Crippen LogP contribution < -0.4 is 18.9 Å². The van der Waals surface area contributed by atoms with E-state index in [0.717, 1.165) is 0 Å². The molecule has 0 aromatic heterocycles. The fourth-order valence-electron chi connectivity index (χ4n) is 0.470. The van der Waals surface area contributed by atoms with Gasteiger partial charge in [0.25, 0.3) is 0 Å². The van der Waals surface area contributed by atoms with Gasteiger partial charge in [0.15, 0.2) is 0 Å². The van der Waals surface area contributed by atoms with Gasteiger partial charge in [0, 0.05) is 17.5 Å². The standard InChI is InChI=1S/C6H2F3.Li/c7-4-1-5(8)3-6(9)2-4;/h1-2H;/q-1;+1. The third-order valence-corrected chi connectivity index (χ3v) is 0.768. The monoisotopic (exact) mass is 138 g/mol. The summed E-state index contributed by atoms with van der Waals surface area (Å²) in [6, 6.07) is 2.75. The van der Waals surface area contributed by atoms with E-state index >= 15 is 0 Å². The molecule has 0 aliphatic rings. The van der Waals surface area contributed by atoms with Gasteiger partial charge in [-0.3, -0.25) is 0 Å². The van der Waals surface area contributed by atoms with E-state index in [4.69, 9.17) is 0 Å². The summed E-state index contributed by atoms with van der Waals surface area (Å²) < 4.78 is 35.7. The van der Waals surface area contributed by atoms with Crippen molar-refractivity contribution < 1.29 is 32.0 Å². The molecule has 0 bridgehead atoms. The van der Waals surface area contributed by atoms with Crippen molar-refractivity contribution in [2.75, 3.05) is 0 Å². The summed E-state index contributed by atoms with van der Waals surface area (Å²) in [5, 5.41) is 0. The maximum Gasteiger partial charge on any atom is 1.00 e. The molecule has 48 valence electrons. The number of rotatable bonds is 0. The van der Waals surface area contributed by atoms with Crippen molar-refractivity contribution in [3.8, 4) is 0 Å². The number of hydrogen-bond donors (Lipinski definition) is 0. The van der Waals surface area contributed by atoms with Gasteiger partial charge in [-0.05, 0) is 0 Å². The average Bonchev–Trinajstić information content (AvgIpc) is 1.59. The van der Waals surface area contributed by atoms with E-state index in [-0.39, 0.29) is 18.9 Å².